The van der Waals surface area contributed by atoms with E-state index >= 15 is 0 Å². The molecule has 2 aromatic heterocycles. The molecule has 0 saturated heterocycles. The Balaban J connectivity index is 2.03. The van der Waals surface area contributed by atoms with E-state index in [2.05, 4.69) is 5.10 Å². The number of pyridine rings is 1. The second-order valence-electron chi connectivity index (χ2n) is 9.42. The molecule has 35 heavy (non-hydrogen) atoms. The van der Waals surface area contributed by atoms with Crippen molar-refractivity contribution in [1.82, 2.24) is 14.7 Å². The standard InChI is InChI=1S/C26H26Cl2N4O3/c1-14(2)12-31-24(33)21(23(26(31)35)30-10-6-7-16(5)13-30)20-22(15(3)4)29-32(25(20)34)17-8-9-18(27)19(28)11-17/h6-11,13-15H,12H2,1-5H3/p+1. The number of nitrogens with one attached hydrogen (secondary N) is 1. The van der Waals surface area contributed by atoms with Gasteiger partial charge in [0.2, 0.25) is 0 Å². The number of carbonyl (C=O) groups is 2. The first-order valence-electron chi connectivity index (χ1n) is 11.4. The summed E-state index contributed by atoms with van der Waals surface area (Å²) in [6.07, 6.45) is 3.49. The Hall–Kier alpha value is -3.16. The highest BCUT2D eigenvalue weighted by atomic mass is 35.5. The van der Waals surface area contributed by atoms with E-state index in [1.807, 2.05) is 40.7 Å². The van der Waals surface area contributed by atoms with Crippen LogP contribution in [0.5, 0.6) is 0 Å². The zero-order chi connectivity index (χ0) is 25.6. The van der Waals surface area contributed by atoms with Crippen LogP contribution < -0.4 is 10.1 Å². The van der Waals surface area contributed by atoms with Gasteiger partial charge in [-0.1, -0.05) is 50.9 Å². The molecule has 0 fully saturated rings. The maximum Gasteiger partial charge on any atom is 0.326 e. The number of rotatable bonds is 6. The summed E-state index contributed by atoms with van der Waals surface area (Å²) in [5, 5.41) is 3.80. The Morgan fingerprint density at radius 3 is 2.31 bits per heavy atom. The van der Waals surface area contributed by atoms with Crippen molar-refractivity contribution in [3.05, 3.63) is 79.9 Å². The van der Waals surface area contributed by atoms with E-state index in [1.165, 1.54) is 9.58 Å². The van der Waals surface area contributed by atoms with E-state index in [-0.39, 0.29) is 35.2 Å². The Morgan fingerprint density at radius 1 is 1.00 bits per heavy atom. The monoisotopic (exact) mass is 513 g/mol. The summed E-state index contributed by atoms with van der Waals surface area (Å²) in [6.45, 7) is 9.86. The molecule has 0 radical (unpaired) electrons. The van der Waals surface area contributed by atoms with Crippen molar-refractivity contribution in [3.63, 3.8) is 0 Å². The van der Waals surface area contributed by atoms with E-state index in [0.29, 0.717) is 21.4 Å². The smallest absolute Gasteiger partial charge is 0.294 e. The van der Waals surface area contributed by atoms with Gasteiger partial charge in [-0.25, -0.2) is 4.68 Å². The lowest BCUT2D eigenvalue weighted by Crippen LogP contribution is -2.41. The highest BCUT2D eigenvalue weighted by molar-refractivity contribution is 6.44. The molecule has 0 aliphatic carbocycles. The fourth-order valence-corrected chi connectivity index (χ4v) is 4.50. The quantitative estimate of drug-likeness (QED) is 0.386. The zero-order valence-corrected chi connectivity index (χ0v) is 21.7. The number of aromatic amines is 1. The van der Waals surface area contributed by atoms with Gasteiger partial charge < -0.3 is 0 Å². The molecule has 4 rings (SSSR count). The number of hydrogen-bond donors (Lipinski definition) is 1. The van der Waals surface area contributed by atoms with Crippen molar-refractivity contribution in [3.8, 4) is 5.69 Å². The Bertz CT molecular complexity index is 1430. The van der Waals surface area contributed by atoms with E-state index in [0.717, 1.165) is 5.56 Å². The van der Waals surface area contributed by atoms with Gasteiger partial charge in [-0.3, -0.25) is 24.4 Å². The SMILES string of the molecule is Cc1ccc[n+](C2=C(c3c(C(C)C)[nH]n(-c4ccc(Cl)c(Cl)c4)c3=O)C(=O)N(CC(C)C)C2=O)c1. The molecule has 0 unspecified atom stereocenters. The second-order valence-corrected chi connectivity index (χ2v) is 10.2. The molecule has 182 valence electrons. The molecule has 3 heterocycles. The van der Waals surface area contributed by atoms with Gasteiger partial charge >= 0.3 is 5.91 Å². The van der Waals surface area contributed by atoms with Crippen molar-refractivity contribution >= 4 is 46.3 Å². The van der Waals surface area contributed by atoms with Crippen molar-refractivity contribution in [2.24, 2.45) is 5.92 Å². The van der Waals surface area contributed by atoms with Crippen LogP contribution in [0, 0.1) is 12.8 Å². The fraction of sp³-hybridized carbons (Fsp3) is 0.308. The van der Waals surface area contributed by atoms with Crippen molar-refractivity contribution < 1.29 is 14.2 Å². The first-order valence-corrected chi connectivity index (χ1v) is 12.2. The number of amides is 2. The summed E-state index contributed by atoms with van der Waals surface area (Å²) in [5.74, 6) is -0.979. The minimum Gasteiger partial charge on any atom is -0.294 e. The lowest BCUT2D eigenvalue weighted by atomic mass is 9.98. The number of halogens is 2. The molecule has 0 bridgehead atoms. The number of carbonyl (C=O) groups excluding carboxylic acids is 2. The Morgan fingerprint density at radius 2 is 1.71 bits per heavy atom. The summed E-state index contributed by atoms with van der Waals surface area (Å²) in [6, 6.07) is 8.54. The molecule has 1 aliphatic rings. The van der Waals surface area contributed by atoms with Gasteiger partial charge in [-0.2, -0.15) is 4.57 Å². The molecule has 1 aliphatic heterocycles. The average Bonchev–Trinajstić information content (AvgIpc) is 3.24. The summed E-state index contributed by atoms with van der Waals surface area (Å²) >= 11 is 12.3. The van der Waals surface area contributed by atoms with Crippen LogP contribution in [-0.4, -0.2) is 33.0 Å². The summed E-state index contributed by atoms with van der Waals surface area (Å²) < 4.78 is 2.96. The zero-order valence-electron chi connectivity index (χ0n) is 20.2. The van der Waals surface area contributed by atoms with Crippen LogP contribution in [-0.2, 0) is 9.59 Å². The van der Waals surface area contributed by atoms with Crippen LogP contribution in [0.2, 0.25) is 10.0 Å². The molecule has 7 nitrogen and oxygen atoms in total. The van der Waals surface area contributed by atoms with Gasteiger partial charge in [0.1, 0.15) is 5.57 Å². The summed E-state index contributed by atoms with van der Waals surface area (Å²) in [5.41, 5.74) is 1.93. The molecule has 0 atom stereocenters. The number of imide groups is 1. The molecule has 0 saturated carbocycles. The molecule has 2 amide bonds. The van der Waals surface area contributed by atoms with Crippen LogP contribution >= 0.6 is 23.2 Å². The number of aromatic nitrogens is 3. The number of nitrogens with zero attached hydrogens (tertiary/aromatic N) is 3. The van der Waals surface area contributed by atoms with Gasteiger partial charge in [0.25, 0.3) is 17.2 Å². The molecular formula is C26H27Cl2N4O3+. The molecular weight excluding hydrogens is 487 g/mol. The van der Waals surface area contributed by atoms with E-state index < -0.39 is 17.4 Å². The van der Waals surface area contributed by atoms with Gasteiger partial charge in [-0.15, -0.1) is 0 Å². The van der Waals surface area contributed by atoms with Crippen molar-refractivity contribution in [2.45, 2.75) is 40.5 Å². The van der Waals surface area contributed by atoms with Crippen molar-refractivity contribution in [2.75, 3.05) is 6.54 Å². The van der Waals surface area contributed by atoms with Crippen LogP contribution in [0.25, 0.3) is 17.0 Å². The fourth-order valence-electron chi connectivity index (χ4n) is 4.21. The Labute approximate surface area is 213 Å². The molecule has 1 N–H and O–H groups in total. The number of aryl methyl sites for hydroxylation is 1. The molecule has 3 aromatic rings. The van der Waals surface area contributed by atoms with E-state index in [4.69, 9.17) is 23.2 Å². The summed E-state index contributed by atoms with van der Waals surface area (Å²) in [4.78, 5) is 42.4. The van der Waals surface area contributed by atoms with Gasteiger partial charge in [0.05, 0.1) is 21.3 Å². The van der Waals surface area contributed by atoms with Gasteiger partial charge in [0, 0.05) is 23.9 Å². The molecule has 9 heteroatoms. The highest BCUT2D eigenvalue weighted by Crippen LogP contribution is 2.33. The highest BCUT2D eigenvalue weighted by Gasteiger charge is 2.47. The Kier molecular flexibility index (Phi) is 6.75. The molecule has 1 aromatic carbocycles. The lowest BCUT2D eigenvalue weighted by molar-refractivity contribution is -0.577. The van der Waals surface area contributed by atoms with Crippen LogP contribution in [0.15, 0.2) is 47.5 Å². The third-order valence-corrected chi connectivity index (χ3v) is 6.54. The first kappa shape index (κ1) is 24.9. The van der Waals surface area contributed by atoms with Crippen LogP contribution in [0.1, 0.15) is 50.4 Å². The van der Waals surface area contributed by atoms with Crippen molar-refractivity contribution in [1.29, 1.82) is 0 Å². The van der Waals surface area contributed by atoms with E-state index in [9.17, 15) is 14.4 Å². The predicted octanol–water partition coefficient (Wildman–Crippen LogP) is 4.58. The molecule has 0 spiro atoms. The predicted molar refractivity (Wildman–Crippen MR) is 137 cm³/mol. The number of H-pyrrole nitrogens is 1. The summed E-state index contributed by atoms with van der Waals surface area (Å²) in [7, 11) is 0. The number of hydrogen-bond acceptors (Lipinski definition) is 3. The third-order valence-electron chi connectivity index (χ3n) is 5.81. The normalized spacial score (nSPS) is 14.3. The second kappa shape index (κ2) is 9.47. The number of benzene rings is 1. The van der Waals surface area contributed by atoms with E-state index in [1.54, 1.807) is 41.2 Å². The maximum atomic E-state index is 13.8. The van der Waals surface area contributed by atoms with Crippen LogP contribution in [0.3, 0.4) is 0 Å². The minimum atomic E-state index is -0.480. The maximum absolute atomic E-state index is 13.8. The lowest BCUT2D eigenvalue weighted by Gasteiger charge is -2.16. The largest absolute Gasteiger partial charge is 0.326 e. The minimum absolute atomic E-state index is 0.0645. The average molecular weight is 514 g/mol. The van der Waals surface area contributed by atoms with Gasteiger partial charge in [0.15, 0.2) is 12.4 Å². The topological polar surface area (TPSA) is 79.1 Å². The first-order chi connectivity index (χ1) is 16.5. The third kappa shape index (κ3) is 4.46. The van der Waals surface area contributed by atoms with Gasteiger partial charge in [-0.05, 0) is 43.0 Å². The van der Waals surface area contributed by atoms with Crippen LogP contribution in [0.4, 0.5) is 0 Å².